The highest BCUT2D eigenvalue weighted by Crippen LogP contribution is 2.58. The Bertz CT molecular complexity index is 673. The Hall–Kier alpha value is -2.14. The third-order valence-electron chi connectivity index (χ3n) is 4.25. The van der Waals surface area contributed by atoms with Gasteiger partial charge in [-0.05, 0) is 31.9 Å². The molecule has 1 fully saturated rings. The second kappa shape index (κ2) is 4.43. The third-order valence-corrected chi connectivity index (χ3v) is 4.25. The highest BCUT2D eigenvalue weighted by atomic mass is 16.5. The van der Waals surface area contributed by atoms with E-state index in [2.05, 4.69) is 0 Å². The van der Waals surface area contributed by atoms with Crippen LogP contribution in [0.15, 0.2) is 24.3 Å². The molecule has 21 heavy (non-hydrogen) atoms. The molecule has 4 rings (SSSR count). The van der Waals surface area contributed by atoms with Gasteiger partial charge < -0.3 is 19.7 Å². The van der Waals surface area contributed by atoms with E-state index in [1.807, 2.05) is 25.1 Å². The van der Waals surface area contributed by atoms with E-state index in [1.165, 1.54) is 4.57 Å². The summed E-state index contributed by atoms with van der Waals surface area (Å²) in [6.45, 7) is 2.49. The Kier molecular flexibility index (Phi) is 2.65. The topological polar surface area (TPSA) is 63.9 Å². The molecule has 2 aliphatic rings. The van der Waals surface area contributed by atoms with Crippen molar-refractivity contribution in [2.75, 3.05) is 6.61 Å². The summed E-state index contributed by atoms with van der Waals surface area (Å²) in [6.07, 6.45) is 1.61. The lowest BCUT2D eigenvalue weighted by atomic mass is 9.95. The molecule has 0 saturated carbocycles. The van der Waals surface area contributed by atoms with Gasteiger partial charge in [0.25, 0.3) is 0 Å². The lowest BCUT2D eigenvalue weighted by Crippen LogP contribution is -1.98. The van der Waals surface area contributed by atoms with E-state index in [4.69, 9.17) is 9.47 Å². The van der Waals surface area contributed by atoms with Crippen LogP contribution in [0, 0.1) is 0 Å². The monoisotopic (exact) mass is 287 g/mol. The molecule has 0 spiro atoms. The van der Waals surface area contributed by atoms with Crippen LogP contribution in [0.5, 0.6) is 17.5 Å². The molecular formula is C16H17NO4. The van der Waals surface area contributed by atoms with Gasteiger partial charge in [-0.25, -0.2) is 0 Å². The van der Waals surface area contributed by atoms with Crippen molar-refractivity contribution in [3.8, 4) is 23.2 Å². The Morgan fingerprint density at radius 1 is 1.19 bits per heavy atom. The average Bonchev–Trinajstić information content (AvgIpc) is 3.14. The first kappa shape index (κ1) is 12.6. The van der Waals surface area contributed by atoms with Crippen LogP contribution in [0.1, 0.15) is 43.1 Å². The Labute approximate surface area is 122 Å². The van der Waals surface area contributed by atoms with Crippen molar-refractivity contribution in [3.05, 3.63) is 35.4 Å². The minimum absolute atomic E-state index is 0.0725. The van der Waals surface area contributed by atoms with Gasteiger partial charge in [0.2, 0.25) is 11.8 Å². The Balaban J connectivity index is 1.85. The maximum absolute atomic E-state index is 10.5. The molecule has 110 valence electrons. The van der Waals surface area contributed by atoms with Crippen molar-refractivity contribution in [2.24, 2.45) is 0 Å². The molecule has 1 saturated heterocycles. The summed E-state index contributed by atoms with van der Waals surface area (Å²) in [5, 5.41) is 21.0. The van der Waals surface area contributed by atoms with Crippen molar-refractivity contribution in [1.82, 2.24) is 4.57 Å². The fourth-order valence-corrected chi connectivity index (χ4v) is 3.40. The first-order valence-electron chi connectivity index (χ1n) is 7.25. The standard InChI is InChI=1S/C16H17NO4/c1-2-20-10-5-3-4-9(8-10)17-15(18)13-11-6-7-12(21-11)14(13)16(17)19/h3-5,8,11-12,18-19H,2,6-7H2,1H3. The Morgan fingerprint density at radius 3 is 2.48 bits per heavy atom. The van der Waals surface area contributed by atoms with Crippen molar-refractivity contribution < 1.29 is 19.7 Å². The summed E-state index contributed by atoms with van der Waals surface area (Å²) >= 11 is 0. The van der Waals surface area contributed by atoms with Crippen LogP contribution in [0.3, 0.4) is 0 Å². The van der Waals surface area contributed by atoms with Gasteiger partial charge >= 0.3 is 0 Å². The second-order valence-electron chi connectivity index (χ2n) is 5.43. The predicted octanol–water partition coefficient (Wildman–Crippen LogP) is 3.19. The van der Waals surface area contributed by atoms with E-state index < -0.39 is 0 Å². The van der Waals surface area contributed by atoms with Crippen molar-refractivity contribution in [2.45, 2.75) is 32.0 Å². The number of aromatic nitrogens is 1. The SMILES string of the molecule is CCOc1cccc(-n2c(O)c3c(c2O)C2CCC3O2)c1. The average molecular weight is 287 g/mol. The Morgan fingerprint density at radius 2 is 1.86 bits per heavy atom. The van der Waals surface area contributed by atoms with E-state index in [0.29, 0.717) is 18.0 Å². The first-order valence-corrected chi connectivity index (χ1v) is 7.25. The normalized spacial score (nSPS) is 22.5. The van der Waals surface area contributed by atoms with Crippen molar-refractivity contribution in [1.29, 1.82) is 0 Å². The van der Waals surface area contributed by atoms with E-state index in [1.54, 1.807) is 6.07 Å². The fourth-order valence-electron chi connectivity index (χ4n) is 3.40. The molecule has 1 aromatic carbocycles. The van der Waals surface area contributed by atoms with E-state index in [-0.39, 0.29) is 24.0 Å². The second-order valence-corrected chi connectivity index (χ2v) is 5.43. The van der Waals surface area contributed by atoms with E-state index in [0.717, 1.165) is 24.0 Å². The van der Waals surface area contributed by atoms with Crippen LogP contribution >= 0.6 is 0 Å². The van der Waals surface area contributed by atoms with Gasteiger partial charge in [0.15, 0.2) is 0 Å². The zero-order chi connectivity index (χ0) is 14.6. The van der Waals surface area contributed by atoms with Crippen LogP contribution in [0.2, 0.25) is 0 Å². The van der Waals surface area contributed by atoms with Gasteiger partial charge in [0.1, 0.15) is 5.75 Å². The quantitative estimate of drug-likeness (QED) is 0.910. The predicted molar refractivity (Wildman–Crippen MR) is 76.1 cm³/mol. The number of rotatable bonds is 3. The fraction of sp³-hybridized carbons (Fsp3) is 0.375. The number of fused-ring (bicyclic) bond motifs is 5. The molecule has 0 radical (unpaired) electrons. The molecule has 0 amide bonds. The summed E-state index contributed by atoms with van der Waals surface area (Å²) < 4.78 is 12.7. The number of aromatic hydroxyl groups is 2. The molecule has 2 unspecified atom stereocenters. The van der Waals surface area contributed by atoms with Crippen LogP contribution < -0.4 is 4.74 Å². The number of benzene rings is 1. The van der Waals surface area contributed by atoms with Crippen LogP contribution in [-0.4, -0.2) is 21.4 Å². The molecule has 2 aromatic rings. The number of hydrogen-bond donors (Lipinski definition) is 2. The summed E-state index contributed by atoms with van der Waals surface area (Å²) in [5.74, 6) is 0.855. The zero-order valence-electron chi connectivity index (χ0n) is 11.7. The molecule has 2 atom stereocenters. The minimum Gasteiger partial charge on any atom is -0.494 e. The van der Waals surface area contributed by atoms with Crippen molar-refractivity contribution >= 4 is 0 Å². The molecule has 2 aliphatic heterocycles. The summed E-state index contributed by atoms with van der Waals surface area (Å²) in [7, 11) is 0. The molecule has 5 nitrogen and oxygen atoms in total. The summed E-state index contributed by atoms with van der Waals surface area (Å²) in [6, 6.07) is 7.33. The lowest BCUT2D eigenvalue weighted by molar-refractivity contribution is 0.0683. The molecule has 5 heteroatoms. The van der Waals surface area contributed by atoms with Gasteiger partial charge in [-0.15, -0.1) is 0 Å². The maximum atomic E-state index is 10.5. The largest absolute Gasteiger partial charge is 0.494 e. The molecule has 2 bridgehead atoms. The zero-order valence-corrected chi connectivity index (χ0v) is 11.7. The number of ether oxygens (including phenoxy) is 2. The summed E-state index contributed by atoms with van der Waals surface area (Å²) in [5.41, 5.74) is 2.17. The molecular weight excluding hydrogens is 270 g/mol. The van der Waals surface area contributed by atoms with Gasteiger partial charge in [0, 0.05) is 6.07 Å². The maximum Gasteiger partial charge on any atom is 0.205 e. The van der Waals surface area contributed by atoms with Crippen molar-refractivity contribution in [3.63, 3.8) is 0 Å². The first-order chi connectivity index (χ1) is 10.2. The highest BCUT2D eigenvalue weighted by Gasteiger charge is 2.45. The van der Waals surface area contributed by atoms with Crippen LogP contribution in [-0.2, 0) is 4.74 Å². The van der Waals surface area contributed by atoms with E-state index in [9.17, 15) is 10.2 Å². The number of hydrogen-bond acceptors (Lipinski definition) is 4. The smallest absolute Gasteiger partial charge is 0.205 e. The molecule has 0 aliphatic carbocycles. The van der Waals surface area contributed by atoms with Crippen LogP contribution in [0.4, 0.5) is 0 Å². The van der Waals surface area contributed by atoms with Gasteiger partial charge in [-0.1, -0.05) is 6.07 Å². The van der Waals surface area contributed by atoms with Gasteiger partial charge in [-0.3, -0.25) is 4.57 Å². The van der Waals surface area contributed by atoms with E-state index >= 15 is 0 Å². The third kappa shape index (κ3) is 1.67. The highest BCUT2D eigenvalue weighted by molar-refractivity contribution is 5.57. The molecule has 3 heterocycles. The minimum atomic E-state index is -0.0905. The number of nitrogens with zero attached hydrogens (tertiary/aromatic N) is 1. The molecule has 2 N–H and O–H groups in total. The van der Waals surface area contributed by atoms with Crippen LogP contribution in [0.25, 0.3) is 5.69 Å². The summed E-state index contributed by atoms with van der Waals surface area (Å²) in [4.78, 5) is 0. The van der Waals surface area contributed by atoms with Gasteiger partial charge in [0.05, 0.1) is 35.6 Å². The van der Waals surface area contributed by atoms with Gasteiger partial charge in [-0.2, -0.15) is 0 Å². The molecule has 1 aromatic heterocycles. The lowest BCUT2D eigenvalue weighted by Gasteiger charge is -2.11.